The van der Waals surface area contributed by atoms with Crippen molar-refractivity contribution < 1.29 is 17.2 Å². The van der Waals surface area contributed by atoms with Gasteiger partial charge in [0.1, 0.15) is 0 Å². The third-order valence-electron chi connectivity index (χ3n) is 3.22. The summed E-state index contributed by atoms with van der Waals surface area (Å²) in [7, 11) is -0.203. The van der Waals surface area contributed by atoms with E-state index in [9.17, 15) is 8.42 Å². The zero-order valence-corrected chi connectivity index (χ0v) is 16.1. The molecule has 0 atom stereocenters. The standard InChI is InChI=1S/C12H26O4S.C5H11N/c1-2-3-4-5-6-7-8-9-10-11-12-16-17(13,14)15;1-4-5-6(2)3/h2-12H2,1H3,(H,13,14,15);4H,1,5H2,2-3H3. The summed E-state index contributed by atoms with van der Waals surface area (Å²) in [6, 6.07) is 0. The third kappa shape index (κ3) is 30.1. The lowest BCUT2D eigenvalue weighted by Gasteiger charge is -2.02. The van der Waals surface area contributed by atoms with E-state index in [1.165, 1.54) is 44.9 Å². The monoisotopic (exact) mass is 351 g/mol. The minimum Gasteiger partial charge on any atom is -0.306 e. The summed E-state index contributed by atoms with van der Waals surface area (Å²) in [4.78, 5) is 2.06. The third-order valence-corrected chi connectivity index (χ3v) is 3.69. The molecule has 0 spiro atoms. The van der Waals surface area contributed by atoms with Gasteiger partial charge in [0.2, 0.25) is 0 Å². The highest BCUT2D eigenvalue weighted by atomic mass is 32.3. The lowest BCUT2D eigenvalue weighted by Crippen LogP contribution is -2.09. The normalized spacial score (nSPS) is 11.2. The zero-order chi connectivity index (χ0) is 18.0. The van der Waals surface area contributed by atoms with Crippen molar-refractivity contribution in [2.24, 2.45) is 0 Å². The lowest BCUT2D eigenvalue weighted by atomic mass is 10.1. The van der Waals surface area contributed by atoms with Crippen molar-refractivity contribution in [2.75, 3.05) is 27.2 Å². The van der Waals surface area contributed by atoms with E-state index in [4.69, 9.17) is 4.55 Å². The van der Waals surface area contributed by atoms with Crippen LogP contribution in [0.1, 0.15) is 71.1 Å². The molecule has 0 fully saturated rings. The Morgan fingerprint density at radius 1 is 0.957 bits per heavy atom. The number of hydrogen-bond acceptors (Lipinski definition) is 4. The van der Waals surface area contributed by atoms with E-state index >= 15 is 0 Å². The van der Waals surface area contributed by atoms with E-state index in [-0.39, 0.29) is 6.61 Å². The van der Waals surface area contributed by atoms with Crippen LogP contribution < -0.4 is 0 Å². The van der Waals surface area contributed by atoms with E-state index < -0.39 is 10.4 Å². The molecule has 0 heterocycles. The number of rotatable bonds is 14. The Balaban J connectivity index is 0. The smallest absolute Gasteiger partial charge is 0.306 e. The highest BCUT2D eigenvalue weighted by Gasteiger charge is 2.02. The molecule has 0 saturated heterocycles. The lowest BCUT2D eigenvalue weighted by molar-refractivity contribution is 0.261. The molecule has 0 aromatic rings. The minimum absolute atomic E-state index is 0.0926. The second kappa shape index (κ2) is 17.9. The van der Waals surface area contributed by atoms with E-state index in [1.807, 2.05) is 20.2 Å². The summed E-state index contributed by atoms with van der Waals surface area (Å²) in [6.07, 6.45) is 13.7. The van der Waals surface area contributed by atoms with Gasteiger partial charge in [-0.3, -0.25) is 4.55 Å². The maximum atomic E-state index is 10.2. The second-order valence-electron chi connectivity index (χ2n) is 5.98. The first-order chi connectivity index (χ1) is 10.8. The van der Waals surface area contributed by atoms with Crippen LogP contribution in [0, 0.1) is 0 Å². The van der Waals surface area contributed by atoms with Crippen LogP contribution in [0.5, 0.6) is 0 Å². The molecule has 0 bridgehead atoms. The molecule has 0 aliphatic carbocycles. The molecule has 0 radical (unpaired) electrons. The minimum atomic E-state index is -4.23. The van der Waals surface area contributed by atoms with Crippen molar-refractivity contribution in [3.8, 4) is 0 Å². The summed E-state index contributed by atoms with van der Waals surface area (Å²) >= 11 is 0. The number of hydrogen-bond donors (Lipinski definition) is 1. The van der Waals surface area contributed by atoms with Crippen LogP contribution in [0.3, 0.4) is 0 Å². The van der Waals surface area contributed by atoms with Crippen LogP contribution in [0.2, 0.25) is 0 Å². The second-order valence-corrected chi connectivity index (χ2v) is 7.07. The van der Waals surface area contributed by atoms with Crippen LogP contribution in [0.25, 0.3) is 0 Å². The average Bonchev–Trinajstić information content (AvgIpc) is 2.44. The molecule has 1 N–H and O–H groups in total. The molecule has 5 nitrogen and oxygen atoms in total. The van der Waals surface area contributed by atoms with Gasteiger partial charge in [0.15, 0.2) is 0 Å². The summed E-state index contributed by atoms with van der Waals surface area (Å²) in [5.74, 6) is 0. The first kappa shape index (κ1) is 24.8. The van der Waals surface area contributed by atoms with Crippen molar-refractivity contribution in [1.82, 2.24) is 4.90 Å². The Hall–Kier alpha value is -0.430. The van der Waals surface area contributed by atoms with E-state index in [0.717, 1.165) is 19.4 Å². The fraction of sp³-hybridized carbons (Fsp3) is 0.882. The van der Waals surface area contributed by atoms with Gasteiger partial charge in [0, 0.05) is 6.54 Å². The fourth-order valence-corrected chi connectivity index (χ4v) is 2.34. The molecule has 0 rings (SSSR count). The summed E-state index contributed by atoms with van der Waals surface area (Å²) in [5, 5.41) is 0. The van der Waals surface area contributed by atoms with Gasteiger partial charge in [0.05, 0.1) is 6.61 Å². The summed E-state index contributed by atoms with van der Waals surface area (Å²) < 4.78 is 33.0. The first-order valence-electron chi connectivity index (χ1n) is 8.71. The molecular weight excluding hydrogens is 314 g/mol. The Kier molecular flexibility index (Phi) is 19.3. The van der Waals surface area contributed by atoms with Crippen molar-refractivity contribution in [1.29, 1.82) is 0 Å². The molecule has 0 aromatic carbocycles. The maximum Gasteiger partial charge on any atom is 0.397 e. The fourth-order valence-electron chi connectivity index (χ4n) is 2.01. The molecule has 0 unspecified atom stereocenters. The average molecular weight is 352 g/mol. The SMILES string of the molecule is C=CCN(C)C.CCCCCCCCCCCCOS(=O)(=O)O. The van der Waals surface area contributed by atoms with Crippen LogP contribution in [0.4, 0.5) is 0 Å². The number of nitrogens with zero attached hydrogens (tertiary/aromatic N) is 1. The molecule has 0 aliphatic heterocycles. The van der Waals surface area contributed by atoms with E-state index in [1.54, 1.807) is 0 Å². The zero-order valence-electron chi connectivity index (χ0n) is 15.3. The van der Waals surface area contributed by atoms with Crippen molar-refractivity contribution in [3.05, 3.63) is 12.7 Å². The van der Waals surface area contributed by atoms with Gasteiger partial charge in [0.25, 0.3) is 0 Å². The Bertz CT molecular complexity index is 343. The van der Waals surface area contributed by atoms with Gasteiger partial charge in [-0.1, -0.05) is 70.8 Å². The van der Waals surface area contributed by atoms with Crippen molar-refractivity contribution in [3.63, 3.8) is 0 Å². The number of unbranched alkanes of at least 4 members (excludes halogenated alkanes) is 9. The largest absolute Gasteiger partial charge is 0.397 e. The Morgan fingerprint density at radius 3 is 1.70 bits per heavy atom. The highest BCUT2D eigenvalue weighted by molar-refractivity contribution is 7.80. The van der Waals surface area contributed by atoms with Crippen LogP contribution >= 0.6 is 0 Å². The maximum absolute atomic E-state index is 10.2. The van der Waals surface area contributed by atoms with Crippen LogP contribution in [0.15, 0.2) is 12.7 Å². The van der Waals surface area contributed by atoms with Gasteiger partial charge in [-0.2, -0.15) is 8.42 Å². The molecular formula is C17H37NO4S. The topological polar surface area (TPSA) is 66.8 Å². The molecule has 0 aromatic heterocycles. The van der Waals surface area contributed by atoms with Gasteiger partial charge in [-0.15, -0.1) is 6.58 Å². The van der Waals surface area contributed by atoms with Gasteiger partial charge >= 0.3 is 10.4 Å². The molecule has 0 amide bonds. The molecule has 6 heteroatoms. The highest BCUT2D eigenvalue weighted by Crippen LogP contribution is 2.10. The van der Waals surface area contributed by atoms with Crippen molar-refractivity contribution >= 4 is 10.4 Å². The van der Waals surface area contributed by atoms with Gasteiger partial charge < -0.3 is 4.90 Å². The molecule has 0 saturated carbocycles. The summed E-state index contributed by atoms with van der Waals surface area (Å²) in [6.45, 7) is 6.84. The first-order valence-corrected chi connectivity index (χ1v) is 10.1. The van der Waals surface area contributed by atoms with E-state index in [2.05, 4.69) is 22.6 Å². The predicted octanol–water partition coefficient (Wildman–Crippen LogP) is 4.46. The molecule has 140 valence electrons. The molecule has 23 heavy (non-hydrogen) atoms. The number of likely N-dealkylation sites (N-methyl/N-ethyl adjacent to an activating group) is 1. The summed E-state index contributed by atoms with van der Waals surface area (Å²) in [5.41, 5.74) is 0. The van der Waals surface area contributed by atoms with Crippen LogP contribution in [-0.2, 0) is 14.6 Å². The Morgan fingerprint density at radius 2 is 1.39 bits per heavy atom. The van der Waals surface area contributed by atoms with Crippen LogP contribution in [-0.4, -0.2) is 45.1 Å². The van der Waals surface area contributed by atoms with Crippen molar-refractivity contribution in [2.45, 2.75) is 71.1 Å². The quantitative estimate of drug-likeness (QED) is 0.284. The predicted molar refractivity (Wildman–Crippen MR) is 98.1 cm³/mol. The molecule has 0 aliphatic rings. The van der Waals surface area contributed by atoms with Gasteiger partial charge in [-0.05, 0) is 20.5 Å². The van der Waals surface area contributed by atoms with E-state index in [0.29, 0.717) is 6.42 Å². The van der Waals surface area contributed by atoms with Gasteiger partial charge in [-0.25, -0.2) is 4.18 Å². The Labute approximate surface area is 144 Å².